The number of fused-ring (bicyclic) bond motifs is 1. The van der Waals surface area contributed by atoms with Gasteiger partial charge in [0.25, 0.3) is 0 Å². The zero-order valence-corrected chi connectivity index (χ0v) is 9.18. The highest BCUT2D eigenvalue weighted by atomic mass is 19.1. The van der Waals surface area contributed by atoms with Gasteiger partial charge in [0, 0.05) is 17.7 Å². The van der Waals surface area contributed by atoms with Crippen molar-refractivity contribution >= 4 is 11.0 Å². The van der Waals surface area contributed by atoms with E-state index in [-0.39, 0.29) is 17.2 Å². The molecule has 1 aromatic heterocycles. The number of nitrogens with one attached hydrogen (secondary N) is 1. The molecule has 16 heavy (non-hydrogen) atoms. The van der Waals surface area contributed by atoms with Gasteiger partial charge in [-0.25, -0.2) is 8.78 Å². The van der Waals surface area contributed by atoms with E-state index >= 15 is 0 Å². The molecular weight excluding hydrogens is 212 g/mol. The van der Waals surface area contributed by atoms with Gasteiger partial charge < -0.3 is 9.73 Å². The Morgan fingerprint density at radius 2 is 2.19 bits per heavy atom. The molecule has 0 amide bonds. The van der Waals surface area contributed by atoms with Gasteiger partial charge in [-0.3, -0.25) is 0 Å². The van der Waals surface area contributed by atoms with Crippen LogP contribution in [-0.2, 0) is 6.42 Å². The first-order valence-electron chi connectivity index (χ1n) is 5.14. The van der Waals surface area contributed by atoms with Crippen LogP contribution in [0.25, 0.3) is 11.0 Å². The van der Waals surface area contributed by atoms with Crippen LogP contribution in [0, 0.1) is 11.6 Å². The molecule has 0 radical (unpaired) electrons. The van der Waals surface area contributed by atoms with Crippen molar-refractivity contribution in [2.75, 3.05) is 7.05 Å². The predicted molar refractivity (Wildman–Crippen MR) is 58.4 cm³/mol. The van der Waals surface area contributed by atoms with Gasteiger partial charge in [-0.15, -0.1) is 0 Å². The summed E-state index contributed by atoms with van der Waals surface area (Å²) in [7, 11) is 1.76. The van der Waals surface area contributed by atoms with E-state index in [2.05, 4.69) is 5.32 Å². The standard InChI is InChI=1S/C12H13F2NO/c1-7(15-2)5-9-10(13)6-11-8(12(9)14)3-4-16-11/h3-4,6-7,15H,5H2,1-2H3. The molecule has 0 fully saturated rings. The Labute approximate surface area is 92.2 Å². The number of furan rings is 1. The second kappa shape index (κ2) is 4.22. The Balaban J connectivity index is 2.50. The molecule has 1 heterocycles. The van der Waals surface area contributed by atoms with Crippen LogP contribution in [0.2, 0.25) is 0 Å². The van der Waals surface area contributed by atoms with Crippen molar-refractivity contribution in [2.45, 2.75) is 19.4 Å². The van der Waals surface area contributed by atoms with Gasteiger partial charge in [0.05, 0.1) is 11.6 Å². The fourth-order valence-corrected chi connectivity index (χ4v) is 1.68. The normalized spacial score (nSPS) is 13.2. The number of hydrogen-bond acceptors (Lipinski definition) is 2. The average molecular weight is 225 g/mol. The minimum absolute atomic E-state index is 0.0216. The molecule has 1 N–H and O–H groups in total. The van der Waals surface area contributed by atoms with Crippen LogP contribution in [0.3, 0.4) is 0 Å². The Hall–Kier alpha value is -1.42. The first-order valence-corrected chi connectivity index (χ1v) is 5.14. The predicted octanol–water partition coefficient (Wildman–Crippen LogP) is 2.86. The first-order chi connectivity index (χ1) is 7.63. The molecular formula is C12H13F2NO. The minimum atomic E-state index is -0.554. The maximum absolute atomic E-state index is 13.9. The van der Waals surface area contributed by atoms with Crippen molar-refractivity contribution in [3.05, 3.63) is 35.6 Å². The zero-order chi connectivity index (χ0) is 11.7. The van der Waals surface area contributed by atoms with E-state index in [4.69, 9.17) is 4.42 Å². The van der Waals surface area contributed by atoms with Gasteiger partial charge in [-0.05, 0) is 26.5 Å². The summed E-state index contributed by atoms with van der Waals surface area (Å²) >= 11 is 0. The quantitative estimate of drug-likeness (QED) is 0.868. The number of halogens is 2. The van der Waals surface area contributed by atoms with Crippen molar-refractivity contribution in [3.8, 4) is 0 Å². The SMILES string of the molecule is CNC(C)Cc1c(F)cc2occc2c1F. The molecule has 1 aromatic carbocycles. The van der Waals surface area contributed by atoms with E-state index in [9.17, 15) is 8.78 Å². The molecule has 4 heteroatoms. The van der Waals surface area contributed by atoms with Gasteiger partial charge >= 0.3 is 0 Å². The van der Waals surface area contributed by atoms with Crippen LogP contribution >= 0.6 is 0 Å². The largest absolute Gasteiger partial charge is 0.464 e. The fraction of sp³-hybridized carbons (Fsp3) is 0.333. The molecule has 0 spiro atoms. The Morgan fingerprint density at radius 1 is 1.44 bits per heavy atom. The van der Waals surface area contributed by atoms with E-state index < -0.39 is 11.6 Å². The van der Waals surface area contributed by atoms with Crippen molar-refractivity contribution in [1.82, 2.24) is 5.32 Å². The number of benzene rings is 1. The summed E-state index contributed by atoms with van der Waals surface area (Å²) in [6.07, 6.45) is 1.67. The van der Waals surface area contributed by atoms with Gasteiger partial charge in [0.15, 0.2) is 0 Å². The van der Waals surface area contributed by atoms with E-state index in [0.717, 1.165) is 0 Å². The molecule has 0 aliphatic rings. The highest BCUT2D eigenvalue weighted by molar-refractivity contribution is 5.78. The van der Waals surface area contributed by atoms with E-state index in [1.165, 1.54) is 18.4 Å². The fourth-order valence-electron chi connectivity index (χ4n) is 1.68. The molecule has 2 rings (SSSR count). The molecule has 0 saturated heterocycles. The lowest BCUT2D eigenvalue weighted by Crippen LogP contribution is -2.24. The summed E-state index contributed by atoms with van der Waals surface area (Å²) in [6, 6.07) is 2.77. The Kier molecular flexibility index (Phi) is 2.92. The van der Waals surface area contributed by atoms with E-state index in [0.29, 0.717) is 11.8 Å². The van der Waals surface area contributed by atoms with Gasteiger partial charge in [-0.1, -0.05) is 0 Å². The van der Waals surface area contributed by atoms with Crippen LogP contribution < -0.4 is 5.32 Å². The minimum Gasteiger partial charge on any atom is -0.464 e. The second-order valence-electron chi connectivity index (χ2n) is 3.88. The van der Waals surface area contributed by atoms with Crippen molar-refractivity contribution in [3.63, 3.8) is 0 Å². The molecule has 2 nitrogen and oxygen atoms in total. The molecule has 2 aromatic rings. The second-order valence-corrected chi connectivity index (χ2v) is 3.88. The average Bonchev–Trinajstić information content (AvgIpc) is 2.71. The Bertz CT molecular complexity index is 507. The number of rotatable bonds is 3. The summed E-state index contributed by atoms with van der Waals surface area (Å²) in [5.74, 6) is -1.08. The van der Waals surface area contributed by atoms with Crippen LogP contribution in [0.4, 0.5) is 8.78 Å². The lowest BCUT2D eigenvalue weighted by Gasteiger charge is -2.11. The molecule has 1 atom stereocenters. The van der Waals surface area contributed by atoms with Gasteiger partial charge in [0.2, 0.25) is 0 Å². The summed E-state index contributed by atoms with van der Waals surface area (Å²) in [6.45, 7) is 1.87. The van der Waals surface area contributed by atoms with Gasteiger partial charge in [0.1, 0.15) is 17.2 Å². The van der Waals surface area contributed by atoms with Crippen LogP contribution in [-0.4, -0.2) is 13.1 Å². The molecule has 0 saturated carbocycles. The number of hydrogen-bond donors (Lipinski definition) is 1. The maximum atomic E-state index is 13.9. The van der Waals surface area contributed by atoms with E-state index in [1.54, 1.807) is 7.05 Å². The Morgan fingerprint density at radius 3 is 2.88 bits per heavy atom. The van der Waals surface area contributed by atoms with E-state index in [1.807, 2.05) is 6.92 Å². The highest BCUT2D eigenvalue weighted by Gasteiger charge is 2.16. The van der Waals surface area contributed by atoms with Crippen LogP contribution in [0.1, 0.15) is 12.5 Å². The van der Waals surface area contributed by atoms with Crippen molar-refractivity contribution < 1.29 is 13.2 Å². The molecule has 86 valence electrons. The molecule has 1 unspecified atom stereocenters. The topological polar surface area (TPSA) is 25.2 Å². The first kappa shape index (κ1) is 11.1. The van der Waals surface area contributed by atoms with Gasteiger partial charge in [-0.2, -0.15) is 0 Å². The van der Waals surface area contributed by atoms with Crippen LogP contribution in [0.5, 0.6) is 0 Å². The highest BCUT2D eigenvalue weighted by Crippen LogP contribution is 2.25. The number of likely N-dealkylation sites (N-methyl/N-ethyl adjacent to an activating group) is 1. The molecule has 0 bridgehead atoms. The smallest absolute Gasteiger partial charge is 0.140 e. The molecule has 0 aliphatic heterocycles. The lowest BCUT2D eigenvalue weighted by molar-refractivity contribution is 0.524. The van der Waals surface area contributed by atoms with Crippen LogP contribution in [0.15, 0.2) is 22.8 Å². The van der Waals surface area contributed by atoms with Crippen molar-refractivity contribution in [2.24, 2.45) is 0 Å². The lowest BCUT2D eigenvalue weighted by atomic mass is 10.0. The summed E-state index contributed by atoms with van der Waals surface area (Å²) < 4.78 is 32.5. The third kappa shape index (κ3) is 1.80. The monoisotopic (exact) mass is 225 g/mol. The molecule has 0 aliphatic carbocycles. The zero-order valence-electron chi connectivity index (χ0n) is 9.18. The summed E-state index contributed by atoms with van der Waals surface area (Å²) in [4.78, 5) is 0. The summed E-state index contributed by atoms with van der Waals surface area (Å²) in [5, 5.41) is 3.29. The summed E-state index contributed by atoms with van der Waals surface area (Å²) in [5.41, 5.74) is 0.353. The third-order valence-corrected chi connectivity index (χ3v) is 2.75. The van der Waals surface area contributed by atoms with Crippen molar-refractivity contribution in [1.29, 1.82) is 0 Å². The third-order valence-electron chi connectivity index (χ3n) is 2.75. The maximum Gasteiger partial charge on any atom is 0.140 e.